The van der Waals surface area contributed by atoms with Gasteiger partial charge in [-0.3, -0.25) is 9.48 Å². The van der Waals surface area contributed by atoms with E-state index in [1.54, 1.807) is 14.2 Å². The Kier molecular flexibility index (Phi) is 6.04. The van der Waals surface area contributed by atoms with Crippen LogP contribution in [-0.2, 0) is 42.1 Å². The number of carbonyl (C=O) groups excluding carboxylic acids is 1. The zero-order chi connectivity index (χ0) is 20.2. The summed E-state index contributed by atoms with van der Waals surface area (Å²) in [6, 6.07) is 5.57. The number of rotatable bonds is 9. The number of aromatic nitrogens is 2. The highest BCUT2D eigenvalue weighted by Gasteiger charge is 2.27. The van der Waals surface area contributed by atoms with Crippen LogP contribution in [0, 0.1) is 5.92 Å². The third-order valence-corrected chi connectivity index (χ3v) is 5.66. The van der Waals surface area contributed by atoms with Gasteiger partial charge in [0, 0.05) is 49.2 Å². The molecule has 1 aromatic carbocycles. The monoisotopic (exact) mass is 399 g/mol. The third-order valence-electron chi connectivity index (χ3n) is 5.66. The first kappa shape index (κ1) is 19.8. The lowest BCUT2D eigenvalue weighted by Gasteiger charge is -2.15. The van der Waals surface area contributed by atoms with Crippen LogP contribution >= 0.6 is 0 Å². The second-order valence-electron chi connectivity index (χ2n) is 7.75. The molecular formula is C22H29N3O4. The summed E-state index contributed by atoms with van der Waals surface area (Å²) in [5.41, 5.74) is 4.40. The van der Waals surface area contributed by atoms with Crippen molar-refractivity contribution in [3.63, 3.8) is 0 Å². The normalized spacial score (nSPS) is 15.7. The highest BCUT2D eigenvalue weighted by Crippen LogP contribution is 2.32. The summed E-state index contributed by atoms with van der Waals surface area (Å²) in [5.74, 6) is 2.24. The smallest absolute Gasteiger partial charge is 0.220 e. The van der Waals surface area contributed by atoms with Crippen LogP contribution in [0.5, 0.6) is 11.5 Å². The van der Waals surface area contributed by atoms with E-state index < -0.39 is 0 Å². The molecular weight excluding hydrogens is 370 g/mol. The van der Waals surface area contributed by atoms with E-state index in [1.165, 1.54) is 24.1 Å². The Bertz CT molecular complexity index is 873. The number of aryl methyl sites for hydroxylation is 1. The number of amides is 1. The van der Waals surface area contributed by atoms with E-state index >= 15 is 0 Å². The maximum Gasteiger partial charge on any atom is 0.220 e. The molecule has 0 saturated heterocycles. The molecule has 7 nitrogen and oxygen atoms in total. The van der Waals surface area contributed by atoms with E-state index in [0.717, 1.165) is 48.2 Å². The minimum atomic E-state index is -0.00269. The number of benzene rings is 1. The van der Waals surface area contributed by atoms with Crippen molar-refractivity contribution in [1.29, 1.82) is 0 Å². The average molecular weight is 399 g/mol. The molecule has 1 amide bonds. The maximum absolute atomic E-state index is 12.5. The largest absolute Gasteiger partial charge is 0.497 e. The Morgan fingerprint density at radius 3 is 2.93 bits per heavy atom. The number of carbonyl (C=O) groups is 1. The summed E-state index contributed by atoms with van der Waals surface area (Å²) in [7, 11) is 3.24. The van der Waals surface area contributed by atoms with Crippen molar-refractivity contribution in [2.24, 2.45) is 5.92 Å². The standard InChI is InChI=1S/C22H29N3O4/c1-27-17-5-7-21(28-2)16(11-17)12-23-22(26)8-6-19-18-14-29-10-9-20(18)25(24-19)13-15-3-4-15/h5,7,11,15H,3-4,6,8-10,12-14H2,1-2H3,(H,23,26). The highest BCUT2D eigenvalue weighted by molar-refractivity contribution is 5.76. The second-order valence-corrected chi connectivity index (χ2v) is 7.75. The number of fused-ring (bicyclic) bond motifs is 1. The molecule has 1 saturated carbocycles. The molecule has 1 fully saturated rings. The van der Waals surface area contributed by atoms with Crippen LogP contribution in [0.1, 0.15) is 41.8 Å². The van der Waals surface area contributed by atoms with Gasteiger partial charge >= 0.3 is 0 Å². The van der Waals surface area contributed by atoms with Gasteiger partial charge in [-0.25, -0.2) is 0 Å². The van der Waals surface area contributed by atoms with E-state index in [2.05, 4.69) is 10.00 Å². The van der Waals surface area contributed by atoms with Crippen molar-refractivity contribution in [3.05, 3.63) is 40.7 Å². The fourth-order valence-electron chi connectivity index (χ4n) is 3.81. The van der Waals surface area contributed by atoms with Crippen LogP contribution in [0.4, 0.5) is 0 Å². The molecule has 0 spiro atoms. The van der Waals surface area contributed by atoms with Gasteiger partial charge in [0.2, 0.25) is 5.91 Å². The van der Waals surface area contributed by atoms with Crippen LogP contribution in [0.15, 0.2) is 18.2 Å². The van der Waals surface area contributed by atoms with Gasteiger partial charge in [-0.1, -0.05) is 0 Å². The van der Waals surface area contributed by atoms with Crippen molar-refractivity contribution in [2.75, 3.05) is 20.8 Å². The van der Waals surface area contributed by atoms with E-state index in [-0.39, 0.29) is 5.91 Å². The van der Waals surface area contributed by atoms with Crippen molar-refractivity contribution >= 4 is 5.91 Å². The molecule has 0 bridgehead atoms. The lowest BCUT2D eigenvalue weighted by Crippen LogP contribution is -2.23. The highest BCUT2D eigenvalue weighted by atomic mass is 16.5. The van der Waals surface area contributed by atoms with Crippen LogP contribution in [0.2, 0.25) is 0 Å². The molecule has 0 atom stereocenters. The summed E-state index contributed by atoms with van der Waals surface area (Å²) >= 11 is 0. The molecule has 0 unspecified atom stereocenters. The van der Waals surface area contributed by atoms with Gasteiger partial charge in [-0.05, 0) is 37.0 Å². The SMILES string of the molecule is COc1ccc(OC)c(CNC(=O)CCc2nn(CC3CC3)c3c2COCC3)c1. The number of methoxy groups -OCH3 is 2. The van der Waals surface area contributed by atoms with Gasteiger partial charge < -0.3 is 19.5 Å². The minimum absolute atomic E-state index is 0.00269. The first-order valence-electron chi connectivity index (χ1n) is 10.3. The summed E-state index contributed by atoms with van der Waals surface area (Å²) in [6.07, 6.45) is 4.55. The maximum atomic E-state index is 12.5. The van der Waals surface area contributed by atoms with Gasteiger partial charge in [0.05, 0.1) is 33.1 Å². The van der Waals surface area contributed by atoms with Gasteiger partial charge in [-0.2, -0.15) is 5.10 Å². The van der Waals surface area contributed by atoms with Crippen LogP contribution in [-0.4, -0.2) is 36.5 Å². The van der Waals surface area contributed by atoms with E-state index in [0.29, 0.717) is 26.0 Å². The zero-order valence-electron chi connectivity index (χ0n) is 17.2. The summed E-state index contributed by atoms with van der Waals surface area (Å²) < 4.78 is 18.5. The summed E-state index contributed by atoms with van der Waals surface area (Å²) in [5, 5.41) is 7.82. The Morgan fingerprint density at radius 1 is 1.31 bits per heavy atom. The lowest BCUT2D eigenvalue weighted by atomic mass is 10.1. The van der Waals surface area contributed by atoms with Crippen molar-refractivity contribution in [2.45, 2.75) is 51.8 Å². The van der Waals surface area contributed by atoms with Gasteiger partial charge in [0.15, 0.2) is 0 Å². The molecule has 1 aliphatic carbocycles. The number of nitrogens with zero attached hydrogens (tertiary/aromatic N) is 2. The fourth-order valence-corrected chi connectivity index (χ4v) is 3.81. The molecule has 1 aliphatic heterocycles. The molecule has 29 heavy (non-hydrogen) atoms. The topological polar surface area (TPSA) is 74.6 Å². The van der Waals surface area contributed by atoms with Crippen molar-refractivity contribution in [3.8, 4) is 11.5 Å². The second kappa shape index (κ2) is 8.86. The van der Waals surface area contributed by atoms with Gasteiger partial charge in [0.25, 0.3) is 0 Å². The average Bonchev–Trinajstić information content (AvgIpc) is 3.51. The molecule has 2 heterocycles. The Hall–Kier alpha value is -2.54. The molecule has 156 valence electrons. The third kappa shape index (κ3) is 4.72. The molecule has 1 aromatic heterocycles. The minimum Gasteiger partial charge on any atom is -0.497 e. The van der Waals surface area contributed by atoms with Crippen molar-refractivity contribution < 1.29 is 19.0 Å². The Morgan fingerprint density at radius 2 is 2.17 bits per heavy atom. The van der Waals surface area contributed by atoms with Crippen molar-refractivity contribution in [1.82, 2.24) is 15.1 Å². The Balaban J connectivity index is 1.36. The molecule has 7 heteroatoms. The Labute approximate surface area is 171 Å². The van der Waals surface area contributed by atoms with Gasteiger partial charge in [-0.15, -0.1) is 0 Å². The number of nitrogens with one attached hydrogen (secondary N) is 1. The van der Waals surface area contributed by atoms with Crippen LogP contribution in [0.25, 0.3) is 0 Å². The summed E-state index contributed by atoms with van der Waals surface area (Å²) in [4.78, 5) is 12.5. The molecule has 4 rings (SSSR count). The first-order chi connectivity index (χ1) is 14.2. The zero-order valence-corrected chi connectivity index (χ0v) is 17.2. The number of ether oxygens (including phenoxy) is 3. The van der Waals surface area contributed by atoms with E-state index in [1.807, 2.05) is 18.2 Å². The predicted molar refractivity (Wildman–Crippen MR) is 108 cm³/mol. The van der Waals surface area contributed by atoms with E-state index in [9.17, 15) is 4.79 Å². The molecule has 0 radical (unpaired) electrons. The fraction of sp³-hybridized carbons (Fsp3) is 0.545. The van der Waals surface area contributed by atoms with E-state index in [4.69, 9.17) is 19.3 Å². The quantitative estimate of drug-likeness (QED) is 0.702. The first-order valence-corrected chi connectivity index (χ1v) is 10.3. The summed E-state index contributed by atoms with van der Waals surface area (Å²) in [6.45, 7) is 2.77. The molecule has 2 aliphatic rings. The number of hydrogen-bond acceptors (Lipinski definition) is 5. The predicted octanol–water partition coefficient (Wildman–Crippen LogP) is 2.63. The van der Waals surface area contributed by atoms with Crippen LogP contribution in [0.3, 0.4) is 0 Å². The van der Waals surface area contributed by atoms with Gasteiger partial charge in [0.1, 0.15) is 11.5 Å². The molecule has 2 aromatic rings. The lowest BCUT2D eigenvalue weighted by molar-refractivity contribution is -0.121. The number of hydrogen-bond donors (Lipinski definition) is 1. The molecule has 1 N–H and O–H groups in total. The van der Waals surface area contributed by atoms with Crippen LogP contribution < -0.4 is 14.8 Å².